The fourth-order valence-corrected chi connectivity index (χ4v) is 1.59. The third-order valence-electron chi connectivity index (χ3n) is 2.26. The first-order chi connectivity index (χ1) is 5.83. The van der Waals surface area contributed by atoms with Crippen LogP contribution in [0, 0.1) is 0 Å². The molecule has 2 heterocycles. The molecule has 0 saturated carbocycles. The number of hydrogen-bond donors (Lipinski definition) is 0. The molecule has 2 aromatic heterocycles. The van der Waals surface area contributed by atoms with Crippen molar-refractivity contribution >= 4 is 10.9 Å². The predicted octanol–water partition coefficient (Wildman–Crippen LogP) is 2.14. The third kappa shape index (κ3) is 0.916. The molecule has 0 fully saturated rings. The summed E-state index contributed by atoms with van der Waals surface area (Å²) in [6, 6.07) is 2.08. The van der Waals surface area contributed by atoms with E-state index in [9.17, 15) is 0 Å². The zero-order valence-electron chi connectivity index (χ0n) is 7.41. The topological polar surface area (TPSA) is 17.8 Å². The second kappa shape index (κ2) is 2.63. The number of aromatic nitrogens is 2. The molecule has 0 spiro atoms. The molecule has 12 heavy (non-hydrogen) atoms. The van der Waals surface area contributed by atoms with Gasteiger partial charge in [-0.25, -0.2) is 0 Å². The standard InChI is InChI=1S/C10H12N2/c1-3-8-7-12(2)10-6-11-5-4-9(8)10/h4-7H,3H2,1-2H3. The van der Waals surface area contributed by atoms with Crippen LogP contribution in [0.5, 0.6) is 0 Å². The first-order valence-corrected chi connectivity index (χ1v) is 4.21. The molecule has 0 amide bonds. The number of nitrogens with zero attached hydrogens (tertiary/aromatic N) is 2. The first-order valence-electron chi connectivity index (χ1n) is 4.21. The molecule has 0 radical (unpaired) electrons. The van der Waals surface area contributed by atoms with Crippen molar-refractivity contribution in [2.24, 2.45) is 7.05 Å². The van der Waals surface area contributed by atoms with Crippen molar-refractivity contribution in [1.29, 1.82) is 0 Å². The molecular weight excluding hydrogens is 148 g/mol. The van der Waals surface area contributed by atoms with Gasteiger partial charge in [0.25, 0.3) is 0 Å². The molecule has 0 aliphatic heterocycles. The van der Waals surface area contributed by atoms with E-state index in [1.54, 1.807) is 0 Å². The lowest BCUT2D eigenvalue weighted by molar-refractivity contribution is 0.951. The minimum atomic E-state index is 1.08. The Kier molecular flexibility index (Phi) is 1.61. The largest absolute Gasteiger partial charge is 0.349 e. The maximum absolute atomic E-state index is 4.10. The van der Waals surface area contributed by atoms with Crippen LogP contribution in [0.1, 0.15) is 12.5 Å². The number of pyridine rings is 1. The summed E-state index contributed by atoms with van der Waals surface area (Å²) in [5, 5.41) is 1.33. The molecule has 2 heteroatoms. The minimum absolute atomic E-state index is 1.08. The van der Waals surface area contributed by atoms with Crippen LogP contribution in [0.3, 0.4) is 0 Å². The van der Waals surface area contributed by atoms with E-state index in [-0.39, 0.29) is 0 Å². The molecule has 0 aromatic carbocycles. The van der Waals surface area contributed by atoms with E-state index in [0.717, 1.165) is 6.42 Å². The van der Waals surface area contributed by atoms with Crippen LogP contribution in [0.4, 0.5) is 0 Å². The van der Waals surface area contributed by atoms with Crippen LogP contribution in [-0.4, -0.2) is 9.55 Å². The van der Waals surface area contributed by atoms with E-state index in [1.807, 2.05) is 12.4 Å². The molecule has 0 atom stereocenters. The van der Waals surface area contributed by atoms with Gasteiger partial charge in [0.2, 0.25) is 0 Å². The number of hydrogen-bond acceptors (Lipinski definition) is 1. The van der Waals surface area contributed by atoms with Crippen LogP contribution in [-0.2, 0) is 13.5 Å². The number of aryl methyl sites for hydroxylation is 2. The van der Waals surface area contributed by atoms with Gasteiger partial charge in [-0.05, 0) is 18.1 Å². The average molecular weight is 160 g/mol. The maximum atomic E-state index is 4.10. The first kappa shape index (κ1) is 7.35. The van der Waals surface area contributed by atoms with Crippen molar-refractivity contribution in [3.63, 3.8) is 0 Å². The molecule has 0 unspecified atom stereocenters. The van der Waals surface area contributed by atoms with E-state index >= 15 is 0 Å². The molecule has 0 aliphatic rings. The van der Waals surface area contributed by atoms with Gasteiger partial charge in [-0.15, -0.1) is 0 Å². The van der Waals surface area contributed by atoms with E-state index in [1.165, 1.54) is 16.5 Å². The van der Waals surface area contributed by atoms with Crippen molar-refractivity contribution in [2.45, 2.75) is 13.3 Å². The van der Waals surface area contributed by atoms with Gasteiger partial charge in [0, 0.05) is 24.8 Å². The summed E-state index contributed by atoms with van der Waals surface area (Å²) in [5.41, 5.74) is 2.62. The normalized spacial score (nSPS) is 10.8. The Hall–Kier alpha value is -1.31. The quantitative estimate of drug-likeness (QED) is 0.625. The Labute approximate surface area is 71.8 Å². The summed E-state index contributed by atoms with van der Waals surface area (Å²) in [7, 11) is 2.06. The zero-order chi connectivity index (χ0) is 8.55. The summed E-state index contributed by atoms with van der Waals surface area (Å²) in [6.45, 7) is 2.18. The molecule has 62 valence electrons. The fraction of sp³-hybridized carbons (Fsp3) is 0.300. The van der Waals surface area contributed by atoms with Crippen LogP contribution in [0.25, 0.3) is 10.9 Å². The van der Waals surface area contributed by atoms with E-state index in [4.69, 9.17) is 0 Å². The highest BCUT2D eigenvalue weighted by atomic mass is 14.9. The van der Waals surface area contributed by atoms with Gasteiger partial charge < -0.3 is 4.57 Å². The van der Waals surface area contributed by atoms with Crippen molar-refractivity contribution < 1.29 is 0 Å². The average Bonchev–Trinajstić information content (AvgIpc) is 2.44. The van der Waals surface area contributed by atoms with Gasteiger partial charge in [-0.2, -0.15) is 0 Å². The fourth-order valence-electron chi connectivity index (χ4n) is 1.59. The van der Waals surface area contributed by atoms with Gasteiger partial charge in [-0.1, -0.05) is 6.92 Å². The minimum Gasteiger partial charge on any atom is -0.349 e. The van der Waals surface area contributed by atoms with Gasteiger partial charge in [0.1, 0.15) is 0 Å². The zero-order valence-corrected chi connectivity index (χ0v) is 7.41. The van der Waals surface area contributed by atoms with Crippen molar-refractivity contribution in [1.82, 2.24) is 9.55 Å². The Morgan fingerprint density at radius 1 is 1.50 bits per heavy atom. The van der Waals surface area contributed by atoms with E-state index in [2.05, 4.69) is 35.8 Å². The lowest BCUT2D eigenvalue weighted by Gasteiger charge is -1.92. The summed E-state index contributed by atoms with van der Waals surface area (Å²) in [6.07, 6.45) is 7.02. The van der Waals surface area contributed by atoms with Gasteiger partial charge in [0.15, 0.2) is 0 Å². The highest BCUT2D eigenvalue weighted by Gasteiger charge is 2.02. The highest BCUT2D eigenvalue weighted by molar-refractivity contribution is 5.82. The lowest BCUT2D eigenvalue weighted by Crippen LogP contribution is -1.83. The van der Waals surface area contributed by atoms with Crippen molar-refractivity contribution in [2.75, 3.05) is 0 Å². The van der Waals surface area contributed by atoms with Crippen LogP contribution >= 0.6 is 0 Å². The van der Waals surface area contributed by atoms with Crippen molar-refractivity contribution in [3.05, 3.63) is 30.2 Å². The summed E-state index contributed by atoms with van der Waals surface area (Å²) < 4.78 is 2.13. The second-order valence-electron chi connectivity index (χ2n) is 3.01. The van der Waals surface area contributed by atoms with E-state index < -0.39 is 0 Å². The second-order valence-corrected chi connectivity index (χ2v) is 3.01. The highest BCUT2D eigenvalue weighted by Crippen LogP contribution is 2.19. The summed E-state index contributed by atoms with van der Waals surface area (Å²) in [5.74, 6) is 0. The smallest absolute Gasteiger partial charge is 0.0666 e. The van der Waals surface area contributed by atoms with Gasteiger partial charge >= 0.3 is 0 Å². The molecular formula is C10H12N2. The predicted molar refractivity (Wildman–Crippen MR) is 50.1 cm³/mol. The summed E-state index contributed by atoms with van der Waals surface area (Å²) >= 11 is 0. The molecule has 0 N–H and O–H groups in total. The Morgan fingerprint density at radius 3 is 3.08 bits per heavy atom. The molecule has 0 aliphatic carbocycles. The molecule has 0 saturated heterocycles. The van der Waals surface area contributed by atoms with Crippen LogP contribution in [0.15, 0.2) is 24.7 Å². The van der Waals surface area contributed by atoms with E-state index in [0.29, 0.717) is 0 Å². The Balaban J connectivity index is 2.82. The molecule has 2 aromatic rings. The maximum Gasteiger partial charge on any atom is 0.0666 e. The summed E-state index contributed by atoms with van der Waals surface area (Å²) in [4.78, 5) is 4.10. The molecule has 0 bridgehead atoms. The number of rotatable bonds is 1. The van der Waals surface area contributed by atoms with Gasteiger partial charge in [0.05, 0.1) is 11.7 Å². The third-order valence-corrected chi connectivity index (χ3v) is 2.26. The number of fused-ring (bicyclic) bond motifs is 1. The van der Waals surface area contributed by atoms with Crippen molar-refractivity contribution in [3.8, 4) is 0 Å². The van der Waals surface area contributed by atoms with Gasteiger partial charge in [-0.3, -0.25) is 4.98 Å². The van der Waals surface area contributed by atoms with Crippen LogP contribution in [0.2, 0.25) is 0 Å². The Bertz CT molecular complexity index is 401. The molecule has 2 rings (SSSR count). The SMILES string of the molecule is CCc1cn(C)c2cnccc12. The monoisotopic (exact) mass is 160 g/mol. The Morgan fingerprint density at radius 2 is 2.33 bits per heavy atom. The van der Waals surface area contributed by atoms with Crippen LogP contribution < -0.4 is 0 Å². The molecule has 2 nitrogen and oxygen atoms in total. The lowest BCUT2D eigenvalue weighted by atomic mass is 10.2.